The van der Waals surface area contributed by atoms with E-state index in [4.69, 9.17) is 0 Å². The highest BCUT2D eigenvalue weighted by molar-refractivity contribution is 5.94. The third-order valence-electron chi connectivity index (χ3n) is 3.12. The van der Waals surface area contributed by atoms with Gasteiger partial charge in [0.15, 0.2) is 5.78 Å². The molecular formula is C13H16FNO. The second-order valence-corrected chi connectivity index (χ2v) is 4.38. The molecule has 0 aromatic heterocycles. The van der Waals surface area contributed by atoms with E-state index in [1.54, 1.807) is 24.3 Å². The van der Waals surface area contributed by atoms with Crippen LogP contribution in [0.5, 0.6) is 0 Å². The number of benzene rings is 1. The Bertz CT molecular complexity index is 397. The fourth-order valence-corrected chi connectivity index (χ4v) is 2.13. The Labute approximate surface area is 94.9 Å². The van der Waals surface area contributed by atoms with Crippen molar-refractivity contribution in [1.29, 1.82) is 0 Å². The summed E-state index contributed by atoms with van der Waals surface area (Å²) in [5.41, 5.74) is -0.114. The third kappa shape index (κ3) is 2.14. The molecule has 1 aliphatic rings. The van der Waals surface area contributed by atoms with Gasteiger partial charge in [0.25, 0.3) is 0 Å². The summed E-state index contributed by atoms with van der Waals surface area (Å²) in [4.78, 5) is 11.2. The van der Waals surface area contributed by atoms with Crippen molar-refractivity contribution >= 4 is 5.78 Å². The summed E-state index contributed by atoms with van der Waals surface area (Å²) in [6, 6.07) is 6.92. The van der Waals surface area contributed by atoms with Crippen molar-refractivity contribution in [2.24, 2.45) is 0 Å². The number of carbonyl (C=O) groups excluding carboxylic acids is 1. The first kappa shape index (κ1) is 11.3. The average Bonchev–Trinajstić information content (AvgIpc) is 2.30. The largest absolute Gasteiger partial charge is 0.313 e. The number of nitrogens with one attached hydrogen (secondary N) is 1. The molecule has 1 saturated heterocycles. The van der Waals surface area contributed by atoms with Crippen LogP contribution in [0.1, 0.15) is 35.7 Å². The molecule has 1 aromatic carbocycles. The highest BCUT2D eigenvalue weighted by Crippen LogP contribution is 2.33. The molecule has 0 radical (unpaired) electrons. The van der Waals surface area contributed by atoms with E-state index in [2.05, 4.69) is 5.32 Å². The maximum absolute atomic E-state index is 14.6. The molecule has 1 unspecified atom stereocenters. The molecule has 0 bridgehead atoms. The molecule has 0 amide bonds. The summed E-state index contributed by atoms with van der Waals surface area (Å²) in [5.74, 6) is -0.0192. The molecule has 1 atom stereocenters. The van der Waals surface area contributed by atoms with E-state index in [-0.39, 0.29) is 5.78 Å². The standard InChI is InChI=1S/C13H16FNO/c1-10(16)11-4-2-5-12(8-11)13(14)6-3-7-15-9-13/h2,4-5,8,15H,3,6-7,9H2,1H3. The first-order valence-electron chi connectivity index (χ1n) is 5.63. The summed E-state index contributed by atoms with van der Waals surface area (Å²) in [6.07, 6.45) is 1.36. The fourth-order valence-electron chi connectivity index (χ4n) is 2.13. The molecule has 1 heterocycles. The number of ketones is 1. The van der Waals surface area contributed by atoms with Gasteiger partial charge in [0.05, 0.1) is 0 Å². The Morgan fingerprint density at radius 2 is 2.31 bits per heavy atom. The van der Waals surface area contributed by atoms with Gasteiger partial charge in [-0.25, -0.2) is 4.39 Å². The van der Waals surface area contributed by atoms with Crippen LogP contribution in [-0.4, -0.2) is 18.9 Å². The van der Waals surface area contributed by atoms with Gasteiger partial charge in [-0.1, -0.05) is 18.2 Å². The van der Waals surface area contributed by atoms with Crippen LogP contribution in [0.2, 0.25) is 0 Å². The van der Waals surface area contributed by atoms with E-state index in [9.17, 15) is 9.18 Å². The molecule has 1 fully saturated rings. The lowest BCUT2D eigenvalue weighted by Crippen LogP contribution is -2.40. The molecule has 2 nitrogen and oxygen atoms in total. The number of piperidine rings is 1. The molecule has 1 N–H and O–H groups in total. The van der Waals surface area contributed by atoms with Gasteiger partial charge in [-0.2, -0.15) is 0 Å². The molecule has 0 aliphatic carbocycles. The molecule has 3 heteroatoms. The van der Waals surface area contributed by atoms with Crippen molar-refractivity contribution in [3.63, 3.8) is 0 Å². The number of hydrogen-bond donors (Lipinski definition) is 1. The SMILES string of the molecule is CC(=O)c1cccc(C2(F)CCCNC2)c1. The van der Waals surface area contributed by atoms with E-state index < -0.39 is 5.67 Å². The van der Waals surface area contributed by atoms with Crippen molar-refractivity contribution in [2.75, 3.05) is 13.1 Å². The predicted molar refractivity (Wildman–Crippen MR) is 61.3 cm³/mol. The minimum Gasteiger partial charge on any atom is -0.313 e. The zero-order chi connectivity index (χ0) is 11.6. The zero-order valence-corrected chi connectivity index (χ0v) is 9.42. The van der Waals surface area contributed by atoms with E-state index >= 15 is 0 Å². The first-order valence-corrected chi connectivity index (χ1v) is 5.63. The lowest BCUT2D eigenvalue weighted by atomic mass is 9.87. The Balaban J connectivity index is 2.31. The summed E-state index contributed by atoms with van der Waals surface area (Å²) in [7, 11) is 0. The summed E-state index contributed by atoms with van der Waals surface area (Å²) >= 11 is 0. The summed E-state index contributed by atoms with van der Waals surface area (Å²) < 4.78 is 14.6. The Kier molecular flexibility index (Phi) is 3.06. The van der Waals surface area contributed by atoms with Crippen molar-refractivity contribution in [3.05, 3.63) is 35.4 Å². The Morgan fingerprint density at radius 3 is 2.94 bits per heavy atom. The number of rotatable bonds is 2. The lowest BCUT2D eigenvalue weighted by Gasteiger charge is -2.30. The fraction of sp³-hybridized carbons (Fsp3) is 0.462. The lowest BCUT2D eigenvalue weighted by molar-refractivity contribution is 0.101. The van der Waals surface area contributed by atoms with E-state index in [0.717, 1.165) is 13.0 Å². The maximum Gasteiger partial charge on any atom is 0.159 e. The van der Waals surface area contributed by atoms with E-state index in [0.29, 0.717) is 24.1 Å². The minimum atomic E-state index is -1.32. The van der Waals surface area contributed by atoms with Gasteiger partial charge in [0.2, 0.25) is 0 Å². The van der Waals surface area contributed by atoms with Crippen LogP contribution >= 0.6 is 0 Å². The number of carbonyl (C=O) groups is 1. The van der Waals surface area contributed by atoms with Crippen molar-refractivity contribution < 1.29 is 9.18 Å². The molecule has 1 aromatic rings. The molecule has 2 rings (SSSR count). The second-order valence-electron chi connectivity index (χ2n) is 4.38. The number of hydrogen-bond acceptors (Lipinski definition) is 2. The van der Waals surface area contributed by atoms with Crippen LogP contribution in [0.4, 0.5) is 4.39 Å². The third-order valence-corrected chi connectivity index (χ3v) is 3.12. The maximum atomic E-state index is 14.6. The van der Waals surface area contributed by atoms with E-state index in [1.165, 1.54) is 6.92 Å². The monoisotopic (exact) mass is 221 g/mol. The Hall–Kier alpha value is -1.22. The van der Waals surface area contributed by atoms with Crippen LogP contribution in [0.3, 0.4) is 0 Å². The summed E-state index contributed by atoms with van der Waals surface area (Å²) in [6.45, 7) is 2.72. The van der Waals surface area contributed by atoms with Gasteiger partial charge in [0.1, 0.15) is 5.67 Å². The first-order chi connectivity index (χ1) is 7.62. The van der Waals surface area contributed by atoms with E-state index in [1.807, 2.05) is 0 Å². The molecule has 1 aliphatic heterocycles. The predicted octanol–water partition coefficient (Wildman–Crippen LogP) is 2.44. The highest BCUT2D eigenvalue weighted by atomic mass is 19.1. The molecule has 16 heavy (non-hydrogen) atoms. The van der Waals surface area contributed by atoms with Gasteiger partial charge < -0.3 is 5.32 Å². The van der Waals surface area contributed by atoms with Gasteiger partial charge in [0, 0.05) is 12.1 Å². The van der Waals surface area contributed by atoms with Gasteiger partial charge in [-0.15, -0.1) is 0 Å². The van der Waals surface area contributed by atoms with Crippen LogP contribution in [0.25, 0.3) is 0 Å². The molecule has 86 valence electrons. The van der Waals surface area contributed by atoms with Crippen LogP contribution in [0.15, 0.2) is 24.3 Å². The van der Waals surface area contributed by atoms with Crippen molar-refractivity contribution in [2.45, 2.75) is 25.4 Å². The van der Waals surface area contributed by atoms with Gasteiger partial charge in [-0.3, -0.25) is 4.79 Å². The molecule has 0 spiro atoms. The number of alkyl halides is 1. The quantitative estimate of drug-likeness (QED) is 0.777. The van der Waals surface area contributed by atoms with Crippen LogP contribution in [0, 0.1) is 0 Å². The smallest absolute Gasteiger partial charge is 0.159 e. The van der Waals surface area contributed by atoms with Crippen molar-refractivity contribution in [1.82, 2.24) is 5.32 Å². The average molecular weight is 221 g/mol. The zero-order valence-electron chi connectivity index (χ0n) is 9.42. The Morgan fingerprint density at radius 1 is 1.50 bits per heavy atom. The molecule has 0 saturated carbocycles. The molecular weight excluding hydrogens is 205 g/mol. The van der Waals surface area contributed by atoms with Gasteiger partial charge >= 0.3 is 0 Å². The van der Waals surface area contributed by atoms with Gasteiger partial charge in [-0.05, 0) is 37.9 Å². The van der Waals surface area contributed by atoms with Crippen LogP contribution in [-0.2, 0) is 5.67 Å². The topological polar surface area (TPSA) is 29.1 Å². The number of halogens is 1. The van der Waals surface area contributed by atoms with Crippen LogP contribution < -0.4 is 5.32 Å². The second kappa shape index (κ2) is 4.34. The minimum absolute atomic E-state index is 0.0192. The number of Topliss-reactive ketones (excluding diaryl/α,β-unsaturated/α-hetero) is 1. The highest BCUT2D eigenvalue weighted by Gasteiger charge is 2.33. The summed E-state index contributed by atoms with van der Waals surface area (Å²) in [5, 5.41) is 3.06. The van der Waals surface area contributed by atoms with Crippen molar-refractivity contribution in [3.8, 4) is 0 Å². The normalized spacial score (nSPS) is 25.4.